The third kappa shape index (κ3) is 14.8. The predicted molar refractivity (Wildman–Crippen MR) is 162 cm³/mol. The van der Waals surface area contributed by atoms with Crippen LogP contribution in [0.15, 0.2) is 61.2 Å². The molecule has 4 bridgehead atoms. The third-order valence-corrected chi connectivity index (χ3v) is 8.28. The fraction of sp³-hybridized carbons (Fsp3) is 0.667. The second-order valence-electron chi connectivity index (χ2n) is 11.8. The van der Waals surface area contributed by atoms with E-state index in [-0.39, 0.29) is 0 Å². The van der Waals surface area contributed by atoms with E-state index < -0.39 is 0 Å². The summed E-state index contributed by atoms with van der Waals surface area (Å²) in [6.45, 7) is 2.29. The molecule has 0 atom stereocenters. The minimum absolute atomic E-state index is 1.11. The Morgan fingerprint density at radius 2 is 0.816 bits per heavy atom. The van der Waals surface area contributed by atoms with Gasteiger partial charge in [-0.3, -0.25) is 0 Å². The van der Waals surface area contributed by atoms with E-state index in [9.17, 15) is 0 Å². The normalized spacial score (nSPS) is 20.4. The Hall–Kier alpha value is -1.96. The molecule has 210 valence electrons. The van der Waals surface area contributed by atoms with Crippen LogP contribution in [0, 0.1) is 0 Å². The Labute approximate surface area is 235 Å². The van der Waals surface area contributed by atoms with Crippen molar-refractivity contribution in [2.24, 2.45) is 0 Å². The summed E-state index contributed by atoms with van der Waals surface area (Å²) in [5, 5.41) is 0. The lowest BCUT2D eigenvalue weighted by molar-refractivity contribution is -0.697. The molecule has 2 aromatic heterocycles. The second-order valence-corrected chi connectivity index (χ2v) is 11.8. The van der Waals surface area contributed by atoms with E-state index in [4.69, 9.17) is 0 Å². The Balaban J connectivity index is 1.36. The average Bonchev–Trinajstić information content (AvgIpc) is 2.94. The fourth-order valence-corrected chi connectivity index (χ4v) is 5.88. The van der Waals surface area contributed by atoms with Crippen molar-refractivity contribution in [2.75, 3.05) is 0 Å². The highest BCUT2D eigenvalue weighted by Crippen LogP contribution is 2.14. The number of hydrogen-bond acceptors (Lipinski definition) is 0. The van der Waals surface area contributed by atoms with Gasteiger partial charge < -0.3 is 0 Å². The molecule has 0 N–H and O–H groups in total. The van der Waals surface area contributed by atoms with Crippen molar-refractivity contribution in [1.29, 1.82) is 0 Å². The first-order valence-corrected chi connectivity index (χ1v) is 16.5. The number of aromatic nitrogens is 2. The first-order valence-electron chi connectivity index (χ1n) is 16.5. The summed E-state index contributed by atoms with van der Waals surface area (Å²) in [6.07, 6.45) is 44.1. The van der Waals surface area contributed by atoms with Crippen molar-refractivity contribution in [2.45, 2.75) is 154 Å². The van der Waals surface area contributed by atoms with Gasteiger partial charge in [-0.05, 0) is 57.1 Å². The van der Waals surface area contributed by atoms with Crippen LogP contribution in [-0.2, 0) is 25.9 Å². The smallest absolute Gasteiger partial charge is 0.171 e. The Kier molecular flexibility index (Phi) is 16.8. The van der Waals surface area contributed by atoms with Crippen molar-refractivity contribution in [3.05, 3.63) is 72.3 Å². The number of hydrogen-bond donors (Lipinski definition) is 0. The number of allylic oxidation sites excluding steroid dienone is 2. The van der Waals surface area contributed by atoms with Crippen LogP contribution in [0.2, 0.25) is 0 Å². The molecule has 0 amide bonds. The lowest BCUT2D eigenvalue weighted by Crippen LogP contribution is -2.33. The van der Waals surface area contributed by atoms with Gasteiger partial charge in [-0.2, -0.15) is 0 Å². The topological polar surface area (TPSA) is 7.76 Å². The van der Waals surface area contributed by atoms with E-state index in [0.29, 0.717) is 0 Å². The van der Waals surface area contributed by atoms with E-state index in [1.807, 2.05) is 0 Å². The Bertz CT molecular complexity index is 871. The summed E-state index contributed by atoms with van der Waals surface area (Å²) in [5.74, 6) is 0. The van der Waals surface area contributed by atoms with Crippen molar-refractivity contribution < 1.29 is 9.13 Å². The summed E-state index contributed by atoms with van der Waals surface area (Å²) in [4.78, 5) is 0. The number of aryl methyl sites for hydroxylation is 4. The largest absolute Gasteiger partial charge is 0.205 e. The third-order valence-electron chi connectivity index (χ3n) is 8.28. The maximum atomic E-state index is 2.43. The van der Waals surface area contributed by atoms with E-state index in [1.165, 1.54) is 153 Å². The molecule has 2 aromatic rings. The van der Waals surface area contributed by atoms with Crippen molar-refractivity contribution >= 4 is 0 Å². The molecule has 3 rings (SSSR count). The monoisotopic (exact) mass is 518 g/mol. The predicted octanol–water partition coefficient (Wildman–Crippen LogP) is 9.42. The molecule has 2 heteroatoms. The van der Waals surface area contributed by atoms with Gasteiger partial charge in [0.05, 0.1) is 0 Å². The zero-order valence-corrected chi connectivity index (χ0v) is 24.6. The van der Waals surface area contributed by atoms with Gasteiger partial charge in [0.2, 0.25) is 0 Å². The quantitative estimate of drug-likeness (QED) is 0.242. The summed E-state index contributed by atoms with van der Waals surface area (Å²) in [5.41, 5.74) is 3.03. The zero-order valence-electron chi connectivity index (χ0n) is 24.6. The molecule has 0 aliphatic carbocycles. The first kappa shape index (κ1) is 30.6. The maximum absolute atomic E-state index is 2.43. The van der Waals surface area contributed by atoms with Crippen LogP contribution in [0.5, 0.6) is 0 Å². The number of nitrogens with zero attached hydrogens (tertiary/aromatic N) is 2. The van der Waals surface area contributed by atoms with Crippen molar-refractivity contribution in [3.8, 4) is 0 Å². The van der Waals surface area contributed by atoms with E-state index in [0.717, 1.165) is 13.0 Å². The molecule has 3 heterocycles. The molecule has 0 unspecified atom stereocenters. The summed E-state index contributed by atoms with van der Waals surface area (Å²) >= 11 is 0. The molecule has 1 aliphatic rings. The standard InChI is InChI=1S/C36H58N2/c1-2-5-9-13-17-21-29-37-31-24-28-36(34-37)26-20-16-12-8-4-6-10-14-18-22-30-38-32-23-27-35(33-38)25-19-15-11-7-3-1/h13,17,23-24,27-28,31-34H,1-12,14-16,18-22,25-26,29-30H2/q+2/b17-13-. The minimum atomic E-state index is 1.11. The summed E-state index contributed by atoms with van der Waals surface area (Å²) in [6, 6.07) is 9.13. The molecule has 0 saturated carbocycles. The molecule has 38 heavy (non-hydrogen) atoms. The van der Waals surface area contributed by atoms with Gasteiger partial charge in [0.15, 0.2) is 31.3 Å². The van der Waals surface area contributed by atoms with Crippen LogP contribution < -0.4 is 9.13 Å². The molecule has 1 aliphatic heterocycles. The van der Waals surface area contributed by atoms with Crippen molar-refractivity contribution in [1.82, 2.24) is 0 Å². The van der Waals surface area contributed by atoms with Gasteiger partial charge in [-0.25, -0.2) is 9.13 Å². The molecular formula is C36H58N2+2. The van der Waals surface area contributed by atoms with Crippen LogP contribution in [-0.4, -0.2) is 0 Å². The number of pyridine rings is 2. The van der Waals surface area contributed by atoms with Crippen LogP contribution in [0.4, 0.5) is 0 Å². The van der Waals surface area contributed by atoms with Crippen LogP contribution in [0.25, 0.3) is 0 Å². The first-order chi connectivity index (χ1) is 18.9. The summed E-state index contributed by atoms with van der Waals surface area (Å²) < 4.78 is 4.82. The SMILES string of the molecule is C1=C\CC[n+]2cccc(c2)CCCCCCCCCCCC[n+]2cccc(c2)CCCCCCCCCC/1. The van der Waals surface area contributed by atoms with E-state index in [2.05, 4.69) is 70.3 Å². The molecule has 0 radical (unpaired) electrons. The number of fused-ring (bicyclic) bond motifs is 4. The fourth-order valence-electron chi connectivity index (χ4n) is 5.88. The maximum Gasteiger partial charge on any atom is 0.171 e. The molecule has 0 aromatic carbocycles. The average molecular weight is 519 g/mol. The minimum Gasteiger partial charge on any atom is -0.205 e. The molecule has 2 nitrogen and oxygen atoms in total. The van der Waals surface area contributed by atoms with Gasteiger partial charge in [0, 0.05) is 36.1 Å². The highest BCUT2D eigenvalue weighted by Gasteiger charge is 2.04. The van der Waals surface area contributed by atoms with E-state index in [1.54, 1.807) is 0 Å². The summed E-state index contributed by atoms with van der Waals surface area (Å²) in [7, 11) is 0. The Morgan fingerprint density at radius 3 is 1.37 bits per heavy atom. The molecule has 0 fully saturated rings. The highest BCUT2D eigenvalue weighted by atomic mass is 14.9. The van der Waals surface area contributed by atoms with Crippen LogP contribution >= 0.6 is 0 Å². The van der Waals surface area contributed by atoms with E-state index >= 15 is 0 Å². The molecular weight excluding hydrogens is 460 g/mol. The Morgan fingerprint density at radius 1 is 0.395 bits per heavy atom. The van der Waals surface area contributed by atoms with Gasteiger partial charge in [-0.1, -0.05) is 95.6 Å². The van der Waals surface area contributed by atoms with Crippen molar-refractivity contribution in [3.63, 3.8) is 0 Å². The van der Waals surface area contributed by atoms with Gasteiger partial charge in [0.1, 0.15) is 6.54 Å². The van der Waals surface area contributed by atoms with Gasteiger partial charge >= 0.3 is 0 Å². The lowest BCUT2D eigenvalue weighted by Gasteiger charge is -2.04. The lowest BCUT2D eigenvalue weighted by atomic mass is 10.0. The second kappa shape index (κ2) is 20.9. The van der Waals surface area contributed by atoms with Crippen LogP contribution in [0.3, 0.4) is 0 Å². The zero-order chi connectivity index (χ0) is 26.4. The molecule has 0 spiro atoms. The molecule has 0 saturated heterocycles. The van der Waals surface area contributed by atoms with Gasteiger partial charge in [-0.15, -0.1) is 0 Å². The number of rotatable bonds is 0. The van der Waals surface area contributed by atoms with Crippen LogP contribution in [0.1, 0.15) is 140 Å². The van der Waals surface area contributed by atoms with Gasteiger partial charge in [0.25, 0.3) is 0 Å². The highest BCUT2D eigenvalue weighted by molar-refractivity contribution is 5.06.